The van der Waals surface area contributed by atoms with Crippen LogP contribution in [0, 0.1) is 11.8 Å². The number of benzene rings is 2. The van der Waals surface area contributed by atoms with E-state index >= 15 is 0 Å². The van der Waals surface area contributed by atoms with Crippen LogP contribution in [0.3, 0.4) is 0 Å². The molecule has 5 rings (SSSR count). The summed E-state index contributed by atoms with van der Waals surface area (Å²) >= 11 is 0. The van der Waals surface area contributed by atoms with Gasteiger partial charge in [0.05, 0.1) is 12.2 Å². The van der Waals surface area contributed by atoms with Gasteiger partial charge in [-0.1, -0.05) is 30.3 Å². The van der Waals surface area contributed by atoms with Crippen LogP contribution >= 0.6 is 0 Å². The van der Waals surface area contributed by atoms with Gasteiger partial charge in [-0.05, 0) is 17.7 Å². The number of carbonyl (C=O) groups is 3. The molecule has 1 saturated heterocycles. The van der Waals surface area contributed by atoms with Crippen molar-refractivity contribution >= 4 is 17.7 Å². The van der Waals surface area contributed by atoms with Crippen molar-refractivity contribution in [3.63, 3.8) is 0 Å². The third-order valence-corrected chi connectivity index (χ3v) is 6.76. The van der Waals surface area contributed by atoms with Crippen LogP contribution in [-0.2, 0) is 4.79 Å². The number of hydrogen-bond acceptors (Lipinski definition) is 4. The summed E-state index contributed by atoms with van der Waals surface area (Å²) in [6.07, 6.45) is 0. The topological polar surface area (TPSA) is 87.7 Å². The summed E-state index contributed by atoms with van der Waals surface area (Å²) in [6.45, 7) is 3.40. The zero-order valence-corrected chi connectivity index (χ0v) is 17.6. The molecule has 0 radical (unpaired) electrons. The van der Waals surface area contributed by atoms with Crippen molar-refractivity contribution in [3.8, 4) is 5.75 Å². The Labute approximate surface area is 180 Å². The minimum Gasteiger partial charge on any atom is -0.491 e. The number of piperidine rings is 1. The van der Waals surface area contributed by atoms with Crippen LogP contribution < -0.4 is 15.4 Å². The normalized spacial score (nSPS) is 25.3. The molecule has 2 heterocycles. The van der Waals surface area contributed by atoms with Gasteiger partial charge in [0.1, 0.15) is 5.75 Å². The zero-order valence-electron chi connectivity index (χ0n) is 17.6. The molecule has 2 aliphatic heterocycles. The van der Waals surface area contributed by atoms with E-state index in [1.807, 2.05) is 41.3 Å². The summed E-state index contributed by atoms with van der Waals surface area (Å²) in [5, 5.41) is 5.76. The Morgan fingerprint density at radius 3 is 2.39 bits per heavy atom. The Bertz CT molecular complexity index is 1060. The van der Waals surface area contributed by atoms with E-state index in [2.05, 4.69) is 10.6 Å². The van der Waals surface area contributed by atoms with Gasteiger partial charge in [0.25, 0.3) is 11.8 Å². The van der Waals surface area contributed by atoms with Gasteiger partial charge in [-0.2, -0.15) is 0 Å². The molecule has 1 aliphatic carbocycles. The quantitative estimate of drug-likeness (QED) is 0.791. The summed E-state index contributed by atoms with van der Waals surface area (Å²) in [7, 11) is 1.57. The zero-order chi connectivity index (χ0) is 21.7. The summed E-state index contributed by atoms with van der Waals surface area (Å²) < 4.78 is 5.91. The lowest BCUT2D eigenvalue weighted by molar-refractivity contribution is -0.128. The highest BCUT2D eigenvalue weighted by atomic mass is 16.5. The highest BCUT2D eigenvalue weighted by Crippen LogP contribution is 2.46. The molecule has 2 N–H and O–H groups in total. The van der Waals surface area contributed by atoms with Gasteiger partial charge >= 0.3 is 0 Å². The first kappa shape index (κ1) is 19.6. The van der Waals surface area contributed by atoms with Gasteiger partial charge in [0, 0.05) is 62.0 Å². The monoisotopic (exact) mass is 419 g/mol. The number of ether oxygens (including phenoxy) is 1. The highest BCUT2D eigenvalue weighted by molar-refractivity contribution is 6.02. The fourth-order valence-electron chi connectivity index (χ4n) is 4.96. The summed E-state index contributed by atoms with van der Waals surface area (Å²) in [4.78, 5) is 39.0. The first-order chi connectivity index (χ1) is 15.0. The van der Waals surface area contributed by atoms with E-state index in [9.17, 15) is 14.4 Å². The molecule has 0 bridgehead atoms. The first-order valence-electron chi connectivity index (χ1n) is 10.6. The van der Waals surface area contributed by atoms with Crippen molar-refractivity contribution < 1.29 is 19.1 Å². The van der Waals surface area contributed by atoms with E-state index in [0.29, 0.717) is 48.4 Å². The SMILES string of the molecule is CNC(=O)c1cc(C(=O)NC2C3CN(C(C)=O)CC32)cc2c1OCC2c1ccccc1. The number of fused-ring (bicyclic) bond motifs is 2. The smallest absolute Gasteiger partial charge is 0.254 e. The third kappa shape index (κ3) is 3.34. The molecule has 7 nitrogen and oxygen atoms in total. The fourth-order valence-corrected chi connectivity index (χ4v) is 4.96. The standard InChI is InChI=1S/C24H25N3O4/c1-13(28)27-10-18-19(11-27)21(18)26-23(29)15-8-16-20(14-6-4-3-5-7-14)12-31-22(16)17(9-15)24(30)25-2/h3-9,18-21H,10-12H2,1-2H3,(H,25,30)(H,26,29). The maximum atomic E-state index is 13.1. The Kier molecular flexibility index (Phi) is 4.68. The molecule has 0 aromatic heterocycles. The largest absolute Gasteiger partial charge is 0.491 e. The van der Waals surface area contributed by atoms with E-state index in [0.717, 1.165) is 11.1 Å². The van der Waals surface area contributed by atoms with E-state index in [1.165, 1.54) is 0 Å². The first-order valence-corrected chi connectivity index (χ1v) is 10.6. The van der Waals surface area contributed by atoms with Crippen molar-refractivity contribution in [2.75, 3.05) is 26.7 Å². The molecular formula is C24H25N3O4. The maximum absolute atomic E-state index is 13.1. The minimum atomic E-state index is -0.278. The van der Waals surface area contributed by atoms with Gasteiger partial charge in [0.2, 0.25) is 5.91 Å². The van der Waals surface area contributed by atoms with Gasteiger partial charge in [0.15, 0.2) is 0 Å². The number of nitrogens with zero attached hydrogens (tertiary/aromatic N) is 1. The number of nitrogens with one attached hydrogen (secondary N) is 2. The lowest BCUT2D eigenvalue weighted by atomic mass is 9.90. The van der Waals surface area contributed by atoms with Gasteiger partial charge < -0.3 is 20.3 Å². The molecule has 3 atom stereocenters. The van der Waals surface area contributed by atoms with Gasteiger partial charge in [-0.3, -0.25) is 14.4 Å². The molecule has 2 aromatic rings. The predicted octanol–water partition coefficient (Wildman–Crippen LogP) is 1.78. The molecule has 3 amide bonds. The second-order valence-electron chi connectivity index (χ2n) is 8.55. The average Bonchev–Trinajstić information content (AvgIpc) is 3.15. The summed E-state index contributed by atoms with van der Waals surface area (Å²) in [5.41, 5.74) is 2.78. The Hall–Kier alpha value is -3.35. The number of hydrogen-bond donors (Lipinski definition) is 2. The molecule has 3 aliphatic rings. The van der Waals surface area contributed by atoms with Crippen molar-refractivity contribution in [2.45, 2.75) is 18.9 Å². The summed E-state index contributed by atoms with van der Waals surface area (Å²) in [6, 6.07) is 13.5. The van der Waals surface area contributed by atoms with Crippen LogP contribution in [0.15, 0.2) is 42.5 Å². The number of rotatable bonds is 4. The second-order valence-corrected chi connectivity index (χ2v) is 8.55. The Morgan fingerprint density at radius 1 is 1.03 bits per heavy atom. The number of likely N-dealkylation sites (tertiary alicyclic amines) is 1. The van der Waals surface area contributed by atoms with E-state index in [4.69, 9.17) is 4.74 Å². The van der Waals surface area contributed by atoms with Gasteiger partial charge in [-0.15, -0.1) is 0 Å². The van der Waals surface area contributed by atoms with Crippen molar-refractivity contribution in [3.05, 3.63) is 64.7 Å². The van der Waals surface area contributed by atoms with Crippen LogP contribution in [0.2, 0.25) is 0 Å². The van der Waals surface area contributed by atoms with E-state index < -0.39 is 0 Å². The second kappa shape index (κ2) is 7.41. The molecule has 7 heteroatoms. The Morgan fingerprint density at radius 2 is 1.74 bits per heavy atom. The molecule has 2 aromatic carbocycles. The maximum Gasteiger partial charge on any atom is 0.254 e. The van der Waals surface area contributed by atoms with Crippen LogP contribution in [0.4, 0.5) is 0 Å². The van der Waals surface area contributed by atoms with Crippen LogP contribution in [0.25, 0.3) is 0 Å². The molecule has 160 valence electrons. The third-order valence-electron chi connectivity index (χ3n) is 6.76. The molecular weight excluding hydrogens is 394 g/mol. The average molecular weight is 419 g/mol. The van der Waals surface area contributed by atoms with Crippen LogP contribution in [0.5, 0.6) is 5.75 Å². The van der Waals surface area contributed by atoms with Crippen molar-refractivity contribution in [2.24, 2.45) is 11.8 Å². The lowest BCUT2D eigenvalue weighted by Gasteiger charge is -2.18. The van der Waals surface area contributed by atoms with Gasteiger partial charge in [-0.25, -0.2) is 0 Å². The molecule has 1 saturated carbocycles. The number of amides is 3. The molecule has 0 spiro atoms. The van der Waals surface area contributed by atoms with E-state index in [-0.39, 0.29) is 29.7 Å². The van der Waals surface area contributed by atoms with Crippen LogP contribution in [0.1, 0.15) is 44.7 Å². The lowest BCUT2D eigenvalue weighted by Crippen LogP contribution is -2.36. The summed E-state index contributed by atoms with van der Waals surface area (Å²) in [5.74, 6) is 0.766. The fraction of sp³-hybridized carbons (Fsp3) is 0.375. The highest BCUT2D eigenvalue weighted by Gasteiger charge is 2.57. The molecule has 3 unspecified atom stereocenters. The minimum absolute atomic E-state index is 0.0308. The molecule has 2 fully saturated rings. The number of carbonyl (C=O) groups excluding carboxylic acids is 3. The van der Waals surface area contributed by atoms with Crippen LogP contribution in [-0.4, -0.2) is 55.4 Å². The Balaban J connectivity index is 1.41. The van der Waals surface area contributed by atoms with E-state index in [1.54, 1.807) is 20.0 Å². The predicted molar refractivity (Wildman–Crippen MR) is 114 cm³/mol. The molecule has 31 heavy (non-hydrogen) atoms. The van der Waals surface area contributed by atoms with Crippen molar-refractivity contribution in [1.82, 2.24) is 15.5 Å². The van der Waals surface area contributed by atoms with Crippen molar-refractivity contribution in [1.29, 1.82) is 0 Å².